The Bertz CT molecular complexity index is 318. The summed E-state index contributed by atoms with van der Waals surface area (Å²) >= 11 is 0. The average Bonchev–Trinajstić information content (AvgIpc) is 3.08. The molecule has 2 nitrogen and oxygen atoms in total. The molecule has 0 saturated heterocycles. The highest BCUT2D eigenvalue weighted by Crippen LogP contribution is 2.58. The van der Waals surface area contributed by atoms with Crippen LogP contribution in [0.25, 0.3) is 0 Å². The molecule has 7 atom stereocenters. The fraction of sp³-hybridized carbons (Fsp3) is 1.00. The molecule has 2 N–H and O–H groups in total. The van der Waals surface area contributed by atoms with Crippen LogP contribution in [-0.2, 0) is 0 Å². The summed E-state index contributed by atoms with van der Waals surface area (Å²) in [6, 6.07) is 0.826. The van der Waals surface area contributed by atoms with Gasteiger partial charge in [0.15, 0.2) is 0 Å². The van der Waals surface area contributed by atoms with Gasteiger partial charge in [-0.05, 0) is 81.1 Å². The second-order valence-electron chi connectivity index (χ2n) is 7.50. The molecule has 0 aromatic rings. The Hall–Kier alpha value is -0.0800. The summed E-state index contributed by atoms with van der Waals surface area (Å²) in [6.45, 7) is 1.17. The number of aliphatic hydroxyl groups excluding tert-OH is 1. The van der Waals surface area contributed by atoms with Gasteiger partial charge < -0.3 is 10.4 Å². The van der Waals surface area contributed by atoms with Crippen LogP contribution < -0.4 is 5.32 Å². The van der Waals surface area contributed by atoms with Gasteiger partial charge in [-0.25, -0.2) is 0 Å². The van der Waals surface area contributed by atoms with Crippen molar-refractivity contribution in [3.63, 3.8) is 0 Å². The topological polar surface area (TPSA) is 32.3 Å². The molecule has 102 valence electrons. The minimum atomic E-state index is -0.00366. The third-order valence-corrected chi connectivity index (χ3v) is 6.61. The number of hydrogen-bond donors (Lipinski definition) is 2. The van der Waals surface area contributed by atoms with Crippen LogP contribution in [0.3, 0.4) is 0 Å². The first kappa shape index (κ1) is 11.7. The molecule has 4 saturated carbocycles. The molecular weight excluding hydrogens is 222 g/mol. The molecule has 0 amide bonds. The molecule has 2 bridgehead atoms. The van der Waals surface area contributed by atoms with Crippen LogP contribution in [0.5, 0.6) is 0 Å². The maximum absolute atomic E-state index is 9.59. The second-order valence-corrected chi connectivity index (χ2v) is 7.50. The summed E-state index contributed by atoms with van der Waals surface area (Å²) in [5.41, 5.74) is 0. The van der Waals surface area contributed by atoms with Gasteiger partial charge in [-0.2, -0.15) is 0 Å². The third kappa shape index (κ3) is 1.84. The second kappa shape index (κ2) is 4.49. The predicted octanol–water partition coefficient (Wildman–Crippen LogP) is 2.56. The molecular formula is C16H27NO. The lowest BCUT2D eigenvalue weighted by atomic mass is 9.79. The smallest absolute Gasteiger partial charge is 0.0543 e. The van der Waals surface area contributed by atoms with Gasteiger partial charge in [0.05, 0.1) is 6.10 Å². The van der Waals surface area contributed by atoms with Crippen LogP contribution in [0.2, 0.25) is 0 Å². The van der Waals surface area contributed by atoms with Gasteiger partial charge in [0.1, 0.15) is 0 Å². The first-order chi connectivity index (χ1) is 8.81. The van der Waals surface area contributed by atoms with Crippen LogP contribution in [0, 0.1) is 29.6 Å². The Morgan fingerprint density at radius 3 is 2.61 bits per heavy atom. The highest BCUT2D eigenvalue weighted by atomic mass is 16.3. The fourth-order valence-electron chi connectivity index (χ4n) is 5.85. The Labute approximate surface area is 111 Å². The quantitative estimate of drug-likeness (QED) is 0.805. The van der Waals surface area contributed by atoms with E-state index in [-0.39, 0.29) is 6.10 Å². The van der Waals surface area contributed by atoms with E-state index < -0.39 is 0 Å². The number of nitrogens with one attached hydrogen (secondary N) is 1. The first-order valence-electron chi connectivity index (χ1n) is 8.22. The first-order valence-corrected chi connectivity index (χ1v) is 8.22. The third-order valence-electron chi connectivity index (χ3n) is 6.61. The van der Waals surface area contributed by atoms with E-state index in [4.69, 9.17) is 0 Å². The van der Waals surface area contributed by atoms with Crippen molar-refractivity contribution in [3.8, 4) is 0 Å². The van der Waals surface area contributed by atoms with Crippen molar-refractivity contribution < 1.29 is 5.11 Å². The Morgan fingerprint density at radius 2 is 1.78 bits per heavy atom. The molecule has 0 radical (unpaired) electrons. The van der Waals surface area contributed by atoms with E-state index in [0.717, 1.165) is 48.5 Å². The summed E-state index contributed by atoms with van der Waals surface area (Å²) in [4.78, 5) is 0. The van der Waals surface area contributed by atoms with Crippen LogP contribution in [0.15, 0.2) is 0 Å². The highest BCUT2D eigenvalue weighted by Gasteiger charge is 2.53. The van der Waals surface area contributed by atoms with E-state index in [1.165, 1.54) is 45.1 Å². The lowest BCUT2D eigenvalue weighted by molar-refractivity contribution is 0.173. The van der Waals surface area contributed by atoms with Crippen molar-refractivity contribution >= 4 is 0 Å². The number of rotatable bonds is 3. The monoisotopic (exact) mass is 249 g/mol. The minimum absolute atomic E-state index is 0.00366. The molecule has 0 aliphatic heterocycles. The Balaban J connectivity index is 1.32. The minimum Gasteiger partial charge on any atom is -0.393 e. The van der Waals surface area contributed by atoms with E-state index in [9.17, 15) is 5.11 Å². The van der Waals surface area contributed by atoms with Crippen molar-refractivity contribution in [3.05, 3.63) is 0 Å². The summed E-state index contributed by atoms with van der Waals surface area (Å²) in [5.74, 6) is 5.01. The van der Waals surface area contributed by atoms with Gasteiger partial charge in [0, 0.05) is 6.04 Å². The van der Waals surface area contributed by atoms with E-state index in [2.05, 4.69) is 5.32 Å². The zero-order valence-corrected chi connectivity index (χ0v) is 11.4. The molecule has 18 heavy (non-hydrogen) atoms. The molecule has 0 aromatic carbocycles. The molecule has 4 aliphatic carbocycles. The maximum atomic E-state index is 9.59. The number of aliphatic hydroxyl groups is 1. The lowest BCUT2D eigenvalue weighted by Gasteiger charge is -2.33. The molecule has 4 fully saturated rings. The predicted molar refractivity (Wildman–Crippen MR) is 72.2 cm³/mol. The molecule has 4 rings (SSSR count). The average molecular weight is 249 g/mol. The SMILES string of the molecule is OC1CCC(CNC2CC3CC2C2CCCC32)C1. The van der Waals surface area contributed by atoms with E-state index in [1.807, 2.05) is 0 Å². The van der Waals surface area contributed by atoms with Gasteiger partial charge in [-0.15, -0.1) is 0 Å². The number of fused-ring (bicyclic) bond motifs is 5. The Morgan fingerprint density at radius 1 is 0.889 bits per heavy atom. The molecule has 0 spiro atoms. The highest BCUT2D eigenvalue weighted by molar-refractivity contribution is 5.05. The lowest BCUT2D eigenvalue weighted by Crippen LogP contribution is -2.41. The summed E-state index contributed by atoms with van der Waals surface area (Å²) < 4.78 is 0. The molecule has 7 unspecified atom stereocenters. The van der Waals surface area contributed by atoms with Crippen molar-refractivity contribution in [1.82, 2.24) is 5.32 Å². The zero-order valence-electron chi connectivity index (χ0n) is 11.4. The van der Waals surface area contributed by atoms with Crippen molar-refractivity contribution in [2.45, 2.75) is 63.5 Å². The van der Waals surface area contributed by atoms with Crippen LogP contribution >= 0.6 is 0 Å². The normalized spacial score (nSPS) is 54.2. The standard InChI is InChI=1S/C16H27NO/c18-12-5-4-10(6-12)9-17-16-8-11-7-15(16)14-3-1-2-13(11)14/h10-18H,1-9H2. The summed E-state index contributed by atoms with van der Waals surface area (Å²) in [6.07, 6.45) is 10.9. The van der Waals surface area contributed by atoms with Crippen molar-refractivity contribution in [2.75, 3.05) is 6.54 Å². The van der Waals surface area contributed by atoms with E-state index in [0.29, 0.717) is 0 Å². The fourth-order valence-corrected chi connectivity index (χ4v) is 5.85. The summed E-state index contributed by atoms with van der Waals surface area (Å²) in [5, 5.41) is 13.5. The Kier molecular flexibility index (Phi) is 2.92. The molecule has 2 heteroatoms. The van der Waals surface area contributed by atoms with E-state index in [1.54, 1.807) is 0 Å². The molecule has 0 heterocycles. The van der Waals surface area contributed by atoms with Gasteiger partial charge in [-0.3, -0.25) is 0 Å². The number of hydrogen-bond acceptors (Lipinski definition) is 2. The van der Waals surface area contributed by atoms with Gasteiger partial charge >= 0.3 is 0 Å². The maximum Gasteiger partial charge on any atom is 0.0543 e. The zero-order chi connectivity index (χ0) is 12.1. The van der Waals surface area contributed by atoms with Crippen LogP contribution in [0.4, 0.5) is 0 Å². The van der Waals surface area contributed by atoms with Crippen molar-refractivity contribution in [2.24, 2.45) is 29.6 Å². The van der Waals surface area contributed by atoms with Crippen LogP contribution in [-0.4, -0.2) is 23.8 Å². The molecule has 0 aromatic heterocycles. The van der Waals surface area contributed by atoms with Crippen molar-refractivity contribution in [1.29, 1.82) is 0 Å². The van der Waals surface area contributed by atoms with Crippen LogP contribution in [0.1, 0.15) is 51.4 Å². The van der Waals surface area contributed by atoms with Gasteiger partial charge in [0.25, 0.3) is 0 Å². The van der Waals surface area contributed by atoms with Gasteiger partial charge in [-0.1, -0.05) is 6.42 Å². The van der Waals surface area contributed by atoms with E-state index >= 15 is 0 Å². The summed E-state index contributed by atoms with van der Waals surface area (Å²) in [7, 11) is 0. The van der Waals surface area contributed by atoms with Gasteiger partial charge in [0.2, 0.25) is 0 Å². The largest absolute Gasteiger partial charge is 0.393 e. The molecule has 4 aliphatic rings.